The Bertz CT molecular complexity index is 177. The molecule has 3 unspecified atom stereocenters. The average Bonchev–Trinajstić information content (AvgIpc) is 2.17. The van der Waals surface area contributed by atoms with Gasteiger partial charge in [0.05, 0.1) is 0 Å². The molecular formula is C13H26N2. The maximum Gasteiger partial charge on any atom is 0.0195 e. The highest BCUT2D eigenvalue weighted by atomic mass is 15.0. The van der Waals surface area contributed by atoms with Gasteiger partial charge in [-0.25, -0.2) is 0 Å². The van der Waals surface area contributed by atoms with Crippen molar-refractivity contribution in [1.29, 1.82) is 0 Å². The van der Waals surface area contributed by atoms with Crippen LogP contribution in [0.5, 0.6) is 0 Å². The Morgan fingerprint density at radius 3 is 2.33 bits per heavy atom. The highest BCUT2D eigenvalue weighted by molar-refractivity contribution is 4.84. The topological polar surface area (TPSA) is 24.1 Å². The summed E-state index contributed by atoms with van der Waals surface area (Å²) in [6.45, 7) is 7.21. The molecule has 3 atom stereocenters. The van der Waals surface area contributed by atoms with Crippen LogP contribution in [0.2, 0.25) is 0 Å². The molecule has 0 radical (unpaired) electrons. The Labute approximate surface area is 94.2 Å². The molecule has 1 heterocycles. The van der Waals surface area contributed by atoms with Crippen LogP contribution in [-0.2, 0) is 0 Å². The minimum absolute atomic E-state index is 0.737. The molecule has 2 aliphatic rings. The predicted octanol–water partition coefficient (Wildman–Crippen LogP) is 2.15. The largest absolute Gasteiger partial charge is 0.315 e. The summed E-state index contributed by atoms with van der Waals surface area (Å²) in [5.74, 6) is 1.84. The summed E-state index contributed by atoms with van der Waals surface area (Å²) in [5.41, 5.74) is 0. The molecule has 1 saturated carbocycles. The smallest absolute Gasteiger partial charge is 0.0195 e. The standard InChI is InChI=1S/C13H26N2/c1-10-6-11(2)8-13(7-10)15-12-4-3-5-14-9-12/h10-15H,3-9H2,1-2H3. The van der Waals surface area contributed by atoms with Gasteiger partial charge in [0.2, 0.25) is 0 Å². The summed E-state index contributed by atoms with van der Waals surface area (Å²) in [7, 11) is 0. The molecule has 15 heavy (non-hydrogen) atoms. The average molecular weight is 210 g/mol. The third-order valence-corrected chi connectivity index (χ3v) is 3.95. The summed E-state index contributed by atoms with van der Waals surface area (Å²) in [5, 5.41) is 7.34. The van der Waals surface area contributed by atoms with Gasteiger partial charge in [-0.15, -0.1) is 0 Å². The molecule has 2 N–H and O–H groups in total. The maximum atomic E-state index is 3.86. The van der Waals surface area contributed by atoms with Crippen molar-refractivity contribution < 1.29 is 0 Å². The molecule has 1 saturated heterocycles. The van der Waals surface area contributed by atoms with Crippen LogP contribution < -0.4 is 10.6 Å². The first kappa shape index (κ1) is 11.4. The molecule has 1 aliphatic carbocycles. The fourth-order valence-corrected chi connectivity index (χ4v) is 3.41. The number of hydrogen-bond acceptors (Lipinski definition) is 2. The van der Waals surface area contributed by atoms with Crippen LogP contribution in [0.4, 0.5) is 0 Å². The third-order valence-electron chi connectivity index (χ3n) is 3.95. The van der Waals surface area contributed by atoms with Crippen LogP contribution >= 0.6 is 0 Å². The number of piperidine rings is 1. The van der Waals surface area contributed by atoms with E-state index in [0.717, 1.165) is 23.9 Å². The van der Waals surface area contributed by atoms with E-state index in [9.17, 15) is 0 Å². The van der Waals surface area contributed by atoms with E-state index in [0.29, 0.717) is 0 Å². The first-order chi connectivity index (χ1) is 7.24. The lowest BCUT2D eigenvalue weighted by Gasteiger charge is -2.36. The summed E-state index contributed by atoms with van der Waals surface area (Å²) in [6, 6.07) is 1.52. The van der Waals surface area contributed by atoms with Gasteiger partial charge in [-0.3, -0.25) is 0 Å². The monoisotopic (exact) mass is 210 g/mol. The molecule has 0 amide bonds. The summed E-state index contributed by atoms with van der Waals surface area (Å²) in [6.07, 6.45) is 6.92. The normalized spacial score (nSPS) is 42.8. The van der Waals surface area contributed by atoms with Gasteiger partial charge in [0, 0.05) is 18.6 Å². The van der Waals surface area contributed by atoms with E-state index in [4.69, 9.17) is 0 Å². The Morgan fingerprint density at radius 2 is 1.73 bits per heavy atom. The molecular weight excluding hydrogens is 184 g/mol. The van der Waals surface area contributed by atoms with Crippen LogP contribution in [-0.4, -0.2) is 25.2 Å². The van der Waals surface area contributed by atoms with Crippen molar-refractivity contribution in [2.45, 2.75) is 58.0 Å². The van der Waals surface area contributed by atoms with Crippen molar-refractivity contribution >= 4 is 0 Å². The molecule has 2 nitrogen and oxygen atoms in total. The number of nitrogens with one attached hydrogen (secondary N) is 2. The van der Waals surface area contributed by atoms with Gasteiger partial charge in [0.1, 0.15) is 0 Å². The predicted molar refractivity (Wildman–Crippen MR) is 65.0 cm³/mol. The van der Waals surface area contributed by atoms with Crippen LogP contribution in [0.25, 0.3) is 0 Å². The van der Waals surface area contributed by atoms with Gasteiger partial charge >= 0.3 is 0 Å². The second kappa shape index (κ2) is 5.31. The van der Waals surface area contributed by atoms with Crippen LogP contribution in [0.15, 0.2) is 0 Å². The van der Waals surface area contributed by atoms with Crippen LogP contribution in [0.3, 0.4) is 0 Å². The Balaban J connectivity index is 1.77. The van der Waals surface area contributed by atoms with E-state index in [1.165, 1.54) is 45.2 Å². The summed E-state index contributed by atoms with van der Waals surface area (Å²) in [4.78, 5) is 0. The summed E-state index contributed by atoms with van der Waals surface area (Å²) < 4.78 is 0. The van der Waals surface area contributed by atoms with Crippen molar-refractivity contribution in [2.24, 2.45) is 11.8 Å². The van der Waals surface area contributed by atoms with Crippen molar-refractivity contribution in [3.8, 4) is 0 Å². The number of hydrogen-bond donors (Lipinski definition) is 2. The molecule has 0 bridgehead atoms. The fraction of sp³-hybridized carbons (Fsp3) is 1.00. The van der Waals surface area contributed by atoms with Crippen molar-refractivity contribution in [1.82, 2.24) is 10.6 Å². The van der Waals surface area contributed by atoms with Gasteiger partial charge in [-0.2, -0.15) is 0 Å². The van der Waals surface area contributed by atoms with Gasteiger partial charge in [-0.1, -0.05) is 13.8 Å². The van der Waals surface area contributed by atoms with E-state index in [1.807, 2.05) is 0 Å². The Morgan fingerprint density at radius 1 is 1.00 bits per heavy atom. The van der Waals surface area contributed by atoms with Crippen LogP contribution in [0, 0.1) is 11.8 Å². The minimum Gasteiger partial charge on any atom is -0.315 e. The van der Waals surface area contributed by atoms with Gasteiger partial charge in [-0.05, 0) is 50.5 Å². The lowest BCUT2D eigenvalue weighted by atomic mass is 9.80. The minimum atomic E-state index is 0.737. The van der Waals surface area contributed by atoms with Crippen molar-refractivity contribution in [2.75, 3.05) is 13.1 Å². The lowest BCUT2D eigenvalue weighted by molar-refractivity contribution is 0.215. The van der Waals surface area contributed by atoms with E-state index in [2.05, 4.69) is 24.5 Å². The molecule has 0 spiro atoms. The molecule has 2 fully saturated rings. The quantitative estimate of drug-likeness (QED) is 0.730. The van der Waals surface area contributed by atoms with Crippen molar-refractivity contribution in [3.63, 3.8) is 0 Å². The second-order valence-corrected chi connectivity index (χ2v) is 5.82. The molecule has 2 heteroatoms. The first-order valence-electron chi connectivity index (χ1n) is 6.71. The van der Waals surface area contributed by atoms with Gasteiger partial charge in [0.25, 0.3) is 0 Å². The fourth-order valence-electron chi connectivity index (χ4n) is 3.41. The molecule has 0 aromatic rings. The Kier molecular flexibility index (Phi) is 4.04. The number of rotatable bonds is 2. The van der Waals surface area contributed by atoms with Crippen molar-refractivity contribution in [3.05, 3.63) is 0 Å². The molecule has 0 aromatic heterocycles. The first-order valence-corrected chi connectivity index (χ1v) is 6.71. The summed E-state index contributed by atoms with van der Waals surface area (Å²) >= 11 is 0. The van der Waals surface area contributed by atoms with E-state index in [-0.39, 0.29) is 0 Å². The van der Waals surface area contributed by atoms with E-state index < -0.39 is 0 Å². The Hall–Kier alpha value is -0.0800. The molecule has 2 rings (SSSR count). The lowest BCUT2D eigenvalue weighted by Crippen LogP contribution is -2.49. The highest BCUT2D eigenvalue weighted by Gasteiger charge is 2.25. The SMILES string of the molecule is CC1CC(C)CC(NC2CCCNC2)C1. The zero-order valence-corrected chi connectivity index (χ0v) is 10.3. The zero-order chi connectivity index (χ0) is 10.7. The van der Waals surface area contributed by atoms with Crippen LogP contribution in [0.1, 0.15) is 46.0 Å². The maximum absolute atomic E-state index is 3.86. The molecule has 0 aromatic carbocycles. The zero-order valence-electron chi connectivity index (χ0n) is 10.3. The van der Waals surface area contributed by atoms with Gasteiger partial charge in [0.15, 0.2) is 0 Å². The molecule has 1 aliphatic heterocycles. The van der Waals surface area contributed by atoms with E-state index >= 15 is 0 Å². The van der Waals surface area contributed by atoms with Gasteiger partial charge < -0.3 is 10.6 Å². The molecule has 88 valence electrons. The second-order valence-electron chi connectivity index (χ2n) is 5.82. The highest BCUT2D eigenvalue weighted by Crippen LogP contribution is 2.28. The third kappa shape index (κ3) is 3.46. The van der Waals surface area contributed by atoms with E-state index in [1.54, 1.807) is 0 Å².